The number of hydrogen-bond donors (Lipinski definition) is 1. The first kappa shape index (κ1) is 16.8. The topological polar surface area (TPSA) is 108 Å². The fourth-order valence-corrected chi connectivity index (χ4v) is 2.04. The number of amides is 1. The van der Waals surface area contributed by atoms with Gasteiger partial charge >= 0.3 is 0 Å². The molecular weight excluding hydrogens is 326 g/mol. The summed E-state index contributed by atoms with van der Waals surface area (Å²) in [6.45, 7) is 2.23. The number of aryl methyl sites for hydroxylation is 1. The van der Waals surface area contributed by atoms with E-state index in [-0.39, 0.29) is 36.4 Å². The molecule has 8 nitrogen and oxygen atoms in total. The lowest BCUT2D eigenvalue weighted by Gasteiger charge is -2.07. The highest BCUT2D eigenvalue weighted by Crippen LogP contribution is 2.19. The van der Waals surface area contributed by atoms with Crippen LogP contribution in [0.25, 0.3) is 0 Å². The molecule has 9 heteroatoms. The van der Waals surface area contributed by atoms with Crippen LogP contribution in [0.5, 0.6) is 5.75 Å². The Balaban J connectivity index is 1.72. The van der Waals surface area contributed by atoms with Crippen molar-refractivity contribution in [1.82, 2.24) is 10.5 Å². The van der Waals surface area contributed by atoms with Crippen LogP contribution in [0, 0.1) is 17.0 Å². The Morgan fingerprint density at radius 1 is 1.43 bits per heavy atom. The number of ether oxygens (including phenoxy) is 1. The zero-order chi connectivity index (χ0) is 16.8. The van der Waals surface area contributed by atoms with E-state index < -0.39 is 4.92 Å². The van der Waals surface area contributed by atoms with Gasteiger partial charge in [0.1, 0.15) is 12.4 Å². The zero-order valence-electron chi connectivity index (χ0n) is 12.2. The van der Waals surface area contributed by atoms with E-state index in [1.807, 2.05) is 0 Å². The standard InChI is InChI=1S/C14H14ClN3O5/c1-9-12(14(15)23-17-9)8-13(19)16-6-7-22-11-4-2-10(3-5-11)18(20)21/h2-5H,6-8H2,1H3,(H,16,19). The highest BCUT2D eigenvalue weighted by Gasteiger charge is 2.14. The highest BCUT2D eigenvalue weighted by molar-refractivity contribution is 6.29. The minimum Gasteiger partial charge on any atom is -0.492 e. The predicted molar refractivity (Wildman–Crippen MR) is 81.6 cm³/mol. The van der Waals surface area contributed by atoms with Crippen LogP contribution in [0.15, 0.2) is 28.8 Å². The maximum Gasteiger partial charge on any atom is 0.269 e. The molecule has 0 spiro atoms. The minimum absolute atomic E-state index is 0.00776. The highest BCUT2D eigenvalue weighted by atomic mass is 35.5. The minimum atomic E-state index is -0.484. The van der Waals surface area contributed by atoms with Crippen molar-refractivity contribution in [2.75, 3.05) is 13.2 Å². The number of nitro benzene ring substituents is 1. The van der Waals surface area contributed by atoms with E-state index in [2.05, 4.69) is 10.5 Å². The number of halogens is 1. The summed E-state index contributed by atoms with van der Waals surface area (Å²) in [5.41, 5.74) is 1.12. The molecular formula is C14H14ClN3O5. The Kier molecular flexibility index (Phi) is 5.53. The number of hydrogen-bond acceptors (Lipinski definition) is 6. The van der Waals surface area contributed by atoms with Crippen LogP contribution in [0.2, 0.25) is 5.22 Å². The van der Waals surface area contributed by atoms with Crippen LogP contribution in [0.3, 0.4) is 0 Å². The average molecular weight is 340 g/mol. The van der Waals surface area contributed by atoms with Gasteiger partial charge in [0.05, 0.1) is 23.6 Å². The Labute approximate surface area is 136 Å². The third-order valence-corrected chi connectivity index (χ3v) is 3.31. The number of nitrogens with zero attached hydrogens (tertiary/aromatic N) is 2. The molecule has 1 aromatic carbocycles. The van der Waals surface area contributed by atoms with Crippen LogP contribution >= 0.6 is 11.6 Å². The SMILES string of the molecule is Cc1noc(Cl)c1CC(=O)NCCOc1ccc([N+](=O)[O-])cc1. The van der Waals surface area contributed by atoms with Crippen molar-refractivity contribution in [1.29, 1.82) is 0 Å². The summed E-state index contributed by atoms with van der Waals surface area (Å²) < 4.78 is 10.1. The lowest BCUT2D eigenvalue weighted by Crippen LogP contribution is -2.29. The van der Waals surface area contributed by atoms with E-state index in [1.54, 1.807) is 6.92 Å². The van der Waals surface area contributed by atoms with Gasteiger partial charge in [0.15, 0.2) is 0 Å². The monoisotopic (exact) mass is 339 g/mol. The number of nitrogens with one attached hydrogen (secondary N) is 1. The molecule has 1 N–H and O–H groups in total. The molecule has 0 aliphatic rings. The second-order valence-corrected chi connectivity index (χ2v) is 4.99. The molecule has 23 heavy (non-hydrogen) atoms. The summed E-state index contributed by atoms with van der Waals surface area (Å²) in [7, 11) is 0. The molecule has 1 heterocycles. The van der Waals surface area contributed by atoms with E-state index in [1.165, 1.54) is 24.3 Å². The van der Waals surface area contributed by atoms with Gasteiger partial charge in [-0.05, 0) is 30.7 Å². The van der Waals surface area contributed by atoms with Crippen LogP contribution in [0.1, 0.15) is 11.3 Å². The van der Waals surface area contributed by atoms with Gasteiger partial charge in [-0.3, -0.25) is 14.9 Å². The smallest absolute Gasteiger partial charge is 0.269 e. The molecule has 0 atom stereocenters. The molecule has 0 unspecified atom stereocenters. The molecule has 2 aromatic rings. The van der Waals surface area contributed by atoms with Crippen LogP contribution < -0.4 is 10.1 Å². The van der Waals surface area contributed by atoms with E-state index in [0.717, 1.165) is 0 Å². The van der Waals surface area contributed by atoms with Gasteiger partial charge in [0.2, 0.25) is 11.1 Å². The number of carbonyl (C=O) groups excluding carboxylic acids is 1. The number of rotatable bonds is 7. The number of carbonyl (C=O) groups is 1. The molecule has 0 radical (unpaired) electrons. The first-order valence-electron chi connectivity index (χ1n) is 6.72. The maximum absolute atomic E-state index is 11.8. The quantitative estimate of drug-likeness (QED) is 0.471. The fraction of sp³-hybridized carbons (Fsp3) is 0.286. The van der Waals surface area contributed by atoms with E-state index >= 15 is 0 Å². The Hall–Kier alpha value is -2.61. The second kappa shape index (κ2) is 7.59. The molecule has 0 fully saturated rings. The lowest BCUT2D eigenvalue weighted by molar-refractivity contribution is -0.384. The van der Waals surface area contributed by atoms with Gasteiger partial charge in [-0.1, -0.05) is 5.16 Å². The van der Waals surface area contributed by atoms with Crippen molar-refractivity contribution in [3.63, 3.8) is 0 Å². The van der Waals surface area contributed by atoms with Crippen molar-refractivity contribution in [2.24, 2.45) is 0 Å². The van der Waals surface area contributed by atoms with Gasteiger partial charge < -0.3 is 14.6 Å². The van der Waals surface area contributed by atoms with Gasteiger partial charge in [-0.2, -0.15) is 0 Å². The van der Waals surface area contributed by atoms with E-state index in [9.17, 15) is 14.9 Å². The first-order valence-corrected chi connectivity index (χ1v) is 7.09. The molecule has 0 aliphatic heterocycles. The van der Waals surface area contributed by atoms with Crippen LogP contribution in [-0.2, 0) is 11.2 Å². The largest absolute Gasteiger partial charge is 0.492 e. The van der Waals surface area contributed by atoms with Crippen LogP contribution in [-0.4, -0.2) is 29.1 Å². The third kappa shape index (κ3) is 4.68. The van der Waals surface area contributed by atoms with Crippen LogP contribution in [0.4, 0.5) is 5.69 Å². The van der Waals surface area contributed by atoms with Crippen molar-refractivity contribution in [2.45, 2.75) is 13.3 Å². The summed E-state index contributed by atoms with van der Waals surface area (Å²) in [5.74, 6) is 0.258. The lowest BCUT2D eigenvalue weighted by atomic mass is 10.2. The van der Waals surface area contributed by atoms with E-state index in [4.69, 9.17) is 20.9 Å². The predicted octanol–water partition coefficient (Wildman–Crippen LogP) is 2.28. The van der Waals surface area contributed by atoms with E-state index in [0.29, 0.717) is 17.0 Å². The maximum atomic E-state index is 11.8. The van der Waals surface area contributed by atoms with Gasteiger partial charge in [0, 0.05) is 17.7 Å². The summed E-state index contributed by atoms with van der Waals surface area (Å²) in [6, 6.07) is 5.70. The van der Waals surface area contributed by atoms with Gasteiger partial charge in [0.25, 0.3) is 5.69 Å². The summed E-state index contributed by atoms with van der Waals surface area (Å²) in [5, 5.41) is 17.0. The Morgan fingerprint density at radius 2 is 2.13 bits per heavy atom. The molecule has 0 saturated carbocycles. The normalized spacial score (nSPS) is 10.3. The van der Waals surface area contributed by atoms with Gasteiger partial charge in [-0.15, -0.1) is 0 Å². The summed E-state index contributed by atoms with van der Waals surface area (Å²) in [4.78, 5) is 21.8. The zero-order valence-corrected chi connectivity index (χ0v) is 13.0. The fourth-order valence-electron chi connectivity index (χ4n) is 1.80. The van der Waals surface area contributed by atoms with Gasteiger partial charge in [-0.25, -0.2) is 0 Å². The third-order valence-electron chi connectivity index (χ3n) is 3.01. The molecule has 0 saturated heterocycles. The molecule has 2 rings (SSSR count). The number of aromatic nitrogens is 1. The molecule has 0 aliphatic carbocycles. The summed E-state index contributed by atoms with van der Waals surface area (Å²) in [6.07, 6.45) is 0.0751. The van der Waals surface area contributed by atoms with Crippen molar-refractivity contribution < 1.29 is 19.0 Å². The van der Waals surface area contributed by atoms with Crippen molar-refractivity contribution >= 4 is 23.2 Å². The molecule has 122 valence electrons. The number of benzene rings is 1. The second-order valence-electron chi connectivity index (χ2n) is 4.65. The number of nitro groups is 1. The average Bonchev–Trinajstić information content (AvgIpc) is 2.84. The van der Waals surface area contributed by atoms with Crippen molar-refractivity contribution in [3.05, 3.63) is 50.9 Å². The first-order chi connectivity index (χ1) is 11.0. The Morgan fingerprint density at radius 3 is 2.70 bits per heavy atom. The summed E-state index contributed by atoms with van der Waals surface area (Å²) >= 11 is 5.78. The molecule has 1 amide bonds. The number of non-ortho nitro benzene ring substituents is 1. The Bertz CT molecular complexity index is 679. The molecule has 1 aromatic heterocycles. The molecule has 0 bridgehead atoms. The van der Waals surface area contributed by atoms with Crippen molar-refractivity contribution in [3.8, 4) is 5.75 Å².